The van der Waals surface area contributed by atoms with Crippen LogP contribution < -0.4 is 10.2 Å². The molecular formula is C25H24Cl2N2O5. The van der Waals surface area contributed by atoms with Gasteiger partial charge in [-0.25, -0.2) is 4.79 Å². The summed E-state index contributed by atoms with van der Waals surface area (Å²) >= 11 is 12.4. The van der Waals surface area contributed by atoms with E-state index in [0.29, 0.717) is 24.2 Å². The summed E-state index contributed by atoms with van der Waals surface area (Å²) in [7, 11) is 0. The van der Waals surface area contributed by atoms with Crippen LogP contribution in [0.1, 0.15) is 34.3 Å². The lowest BCUT2D eigenvalue weighted by molar-refractivity contribution is -0.122. The standard InChI is InChI=1S/C25H24Cl2N2O5/c1-13-4-3-5-21(14(13)2)28-22(30)12-34-25(33)15-6-8-16(9-7-15)29-23(31)17-10-19(26)20(27)11-18(17)24(29)32/h3-9,17-20H,10-12H2,1-2H3,(H,28,30)/t17-,18-,19+,20+/m1/s1. The molecule has 1 saturated heterocycles. The van der Waals surface area contributed by atoms with Gasteiger partial charge in [0, 0.05) is 5.69 Å². The average molecular weight is 503 g/mol. The number of carbonyl (C=O) groups excluding carboxylic acids is 4. The third kappa shape index (κ3) is 4.68. The average Bonchev–Trinajstić information content (AvgIpc) is 3.05. The molecule has 3 amide bonds. The molecule has 178 valence electrons. The molecule has 0 bridgehead atoms. The molecule has 0 aromatic heterocycles. The maximum absolute atomic E-state index is 12.9. The number of nitrogens with one attached hydrogen (secondary N) is 1. The van der Waals surface area contributed by atoms with E-state index in [4.69, 9.17) is 27.9 Å². The van der Waals surface area contributed by atoms with Crippen LogP contribution in [0.25, 0.3) is 0 Å². The van der Waals surface area contributed by atoms with Crippen molar-refractivity contribution in [2.75, 3.05) is 16.8 Å². The van der Waals surface area contributed by atoms with Crippen molar-refractivity contribution in [3.05, 3.63) is 59.2 Å². The van der Waals surface area contributed by atoms with Crippen molar-refractivity contribution in [2.45, 2.75) is 37.4 Å². The van der Waals surface area contributed by atoms with Gasteiger partial charge in [0.2, 0.25) is 11.8 Å². The number of amides is 3. The van der Waals surface area contributed by atoms with Crippen LogP contribution in [-0.4, -0.2) is 41.1 Å². The first-order chi connectivity index (χ1) is 16.2. The van der Waals surface area contributed by atoms with Gasteiger partial charge in [0.05, 0.1) is 33.8 Å². The Kier molecular flexibility index (Phi) is 6.96. The maximum atomic E-state index is 12.9. The molecule has 4 rings (SSSR count). The Morgan fingerprint density at radius 2 is 1.56 bits per heavy atom. The second-order valence-corrected chi connectivity index (χ2v) is 9.77. The Balaban J connectivity index is 1.37. The molecule has 2 aromatic carbocycles. The summed E-state index contributed by atoms with van der Waals surface area (Å²) in [5.41, 5.74) is 3.19. The van der Waals surface area contributed by atoms with E-state index in [1.165, 1.54) is 24.3 Å². The van der Waals surface area contributed by atoms with Gasteiger partial charge in [-0.3, -0.25) is 19.3 Å². The first-order valence-corrected chi connectivity index (χ1v) is 11.8. The van der Waals surface area contributed by atoms with Crippen molar-refractivity contribution in [1.82, 2.24) is 0 Å². The molecule has 1 saturated carbocycles. The largest absolute Gasteiger partial charge is 0.452 e. The van der Waals surface area contributed by atoms with Crippen LogP contribution in [0.3, 0.4) is 0 Å². The number of benzene rings is 2. The van der Waals surface area contributed by atoms with Crippen LogP contribution in [0.5, 0.6) is 0 Å². The fourth-order valence-corrected chi connectivity index (χ4v) is 4.97. The second-order valence-electron chi connectivity index (χ2n) is 8.65. The first kappa shape index (κ1) is 24.2. The van der Waals surface area contributed by atoms with E-state index in [1.807, 2.05) is 26.0 Å². The molecule has 34 heavy (non-hydrogen) atoms. The zero-order valence-corrected chi connectivity index (χ0v) is 20.2. The summed E-state index contributed by atoms with van der Waals surface area (Å²) in [6.07, 6.45) is 0.714. The summed E-state index contributed by atoms with van der Waals surface area (Å²) < 4.78 is 5.11. The molecule has 1 N–H and O–H groups in total. The minimum Gasteiger partial charge on any atom is -0.452 e. The van der Waals surface area contributed by atoms with Crippen molar-refractivity contribution in [3.8, 4) is 0 Å². The number of fused-ring (bicyclic) bond motifs is 1. The molecule has 9 heteroatoms. The highest BCUT2D eigenvalue weighted by Crippen LogP contribution is 2.43. The minimum absolute atomic E-state index is 0.196. The van der Waals surface area contributed by atoms with Crippen molar-refractivity contribution < 1.29 is 23.9 Å². The van der Waals surface area contributed by atoms with Crippen LogP contribution >= 0.6 is 23.2 Å². The lowest BCUT2D eigenvalue weighted by Crippen LogP contribution is -2.34. The van der Waals surface area contributed by atoms with Crippen molar-refractivity contribution in [3.63, 3.8) is 0 Å². The third-order valence-electron chi connectivity index (χ3n) is 6.49. The number of aryl methyl sites for hydroxylation is 1. The summed E-state index contributed by atoms with van der Waals surface area (Å²) in [6.45, 7) is 3.39. The van der Waals surface area contributed by atoms with Gasteiger partial charge in [-0.05, 0) is 68.1 Å². The molecular weight excluding hydrogens is 479 g/mol. The molecule has 0 unspecified atom stereocenters. The Morgan fingerprint density at radius 1 is 0.971 bits per heavy atom. The van der Waals surface area contributed by atoms with E-state index in [0.717, 1.165) is 16.0 Å². The van der Waals surface area contributed by atoms with Crippen LogP contribution in [0, 0.1) is 25.7 Å². The molecule has 1 aliphatic heterocycles. The Morgan fingerprint density at radius 3 is 2.15 bits per heavy atom. The number of imide groups is 1. The number of carbonyl (C=O) groups is 4. The van der Waals surface area contributed by atoms with Crippen molar-refractivity contribution in [1.29, 1.82) is 0 Å². The van der Waals surface area contributed by atoms with Gasteiger partial charge in [0.25, 0.3) is 5.91 Å². The molecule has 1 heterocycles. The smallest absolute Gasteiger partial charge is 0.338 e. The molecule has 0 spiro atoms. The highest BCUT2D eigenvalue weighted by atomic mass is 35.5. The van der Waals surface area contributed by atoms with Gasteiger partial charge in [-0.1, -0.05) is 12.1 Å². The van der Waals surface area contributed by atoms with Gasteiger partial charge in [0.1, 0.15) is 0 Å². The van der Waals surface area contributed by atoms with Crippen LogP contribution in [-0.2, 0) is 19.1 Å². The number of hydrogen-bond acceptors (Lipinski definition) is 5. The van der Waals surface area contributed by atoms with Gasteiger partial charge in [-0.2, -0.15) is 0 Å². The number of hydrogen-bond donors (Lipinski definition) is 1. The first-order valence-electron chi connectivity index (χ1n) is 11.0. The fraction of sp³-hybridized carbons (Fsp3) is 0.360. The molecule has 7 nitrogen and oxygen atoms in total. The summed E-state index contributed by atoms with van der Waals surface area (Å²) in [5, 5.41) is 2.01. The predicted octanol–water partition coefficient (Wildman–Crippen LogP) is 4.21. The van der Waals surface area contributed by atoms with Crippen LogP contribution in [0.4, 0.5) is 11.4 Å². The lowest BCUT2D eigenvalue weighted by Gasteiger charge is -2.28. The molecule has 2 aliphatic rings. The summed E-state index contributed by atoms with van der Waals surface area (Å²) in [5.74, 6) is -2.71. The van der Waals surface area contributed by atoms with Gasteiger partial charge in [0.15, 0.2) is 6.61 Å². The molecule has 0 radical (unpaired) electrons. The minimum atomic E-state index is -0.689. The molecule has 1 aliphatic carbocycles. The zero-order valence-electron chi connectivity index (χ0n) is 18.7. The van der Waals surface area contributed by atoms with Gasteiger partial charge in [-0.15, -0.1) is 23.2 Å². The Hall–Kier alpha value is -2.90. The molecule has 4 atom stereocenters. The number of alkyl halides is 2. The Bertz CT molecular complexity index is 1120. The van der Waals surface area contributed by atoms with Crippen LogP contribution in [0.15, 0.2) is 42.5 Å². The number of esters is 1. The molecule has 2 aromatic rings. The molecule has 2 fully saturated rings. The SMILES string of the molecule is Cc1cccc(NC(=O)COC(=O)c2ccc(N3C(=O)[C@@H]4C[C@H](Cl)[C@@H](Cl)C[C@H]4C3=O)cc2)c1C. The number of nitrogens with zero attached hydrogens (tertiary/aromatic N) is 1. The van der Waals surface area contributed by atoms with Gasteiger partial charge < -0.3 is 10.1 Å². The fourth-order valence-electron chi connectivity index (χ4n) is 4.38. The number of ether oxygens (including phenoxy) is 1. The maximum Gasteiger partial charge on any atom is 0.338 e. The number of halogens is 2. The topological polar surface area (TPSA) is 92.8 Å². The summed E-state index contributed by atoms with van der Waals surface area (Å²) in [4.78, 5) is 51.4. The van der Waals surface area contributed by atoms with E-state index in [2.05, 4.69) is 5.32 Å². The zero-order chi connectivity index (χ0) is 24.6. The second kappa shape index (κ2) is 9.76. The Labute approximate surface area is 207 Å². The van der Waals surface area contributed by atoms with E-state index in [9.17, 15) is 19.2 Å². The lowest BCUT2D eigenvalue weighted by atomic mass is 9.80. The summed E-state index contributed by atoms with van der Waals surface area (Å²) in [6, 6.07) is 11.5. The van der Waals surface area contributed by atoms with E-state index in [1.54, 1.807) is 6.07 Å². The van der Waals surface area contributed by atoms with Crippen molar-refractivity contribution in [2.24, 2.45) is 11.8 Å². The van der Waals surface area contributed by atoms with E-state index >= 15 is 0 Å². The van der Waals surface area contributed by atoms with E-state index < -0.39 is 30.3 Å². The van der Waals surface area contributed by atoms with E-state index in [-0.39, 0.29) is 28.1 Å². The number of rotatable bonds is 5. The third-order valence-corrected chi connectivity index (χ3v) is 7.58. The highest BCUT2D eigenvalue weighted by Gasteiger charge is 2.52. The van der Waals surface area contributed by atoms with Crippen molar-refractivity contribution >= 4 is 58.3 Å². The van der Waals surface area contributed by atoms with Gasteiger partial charge >= 0.3 is 5.97 Å². The quantitative estimate of drug-likeness (QED) is 0.375. The van der Waals surface area contributed by atoms with Crippen LogP contribution in [0.2, 0.25) is 0 Å². The normalized spacial score (nSPS) is 24.1. The predicted molar refractivity (Wildman–Crippen MR) is 129 cm³/mol. The highest BCUT2D eigenvalue weighted by molar-refractivity contribution is 6.31. The number of anilines is 2. The monoisotopic (exact) mass is 502 g/mol.